The van der Waals surface area contributed by atoms with E-state index in [2.05, 4.69) is 0 Å². The monoisotopic (exact) mass is 186 g/mol. The summed E-state index contributed by atoms with van der Waals surface area (Å²) in [5, 5.41) is 0. The van der Waals surface area contributed by atoms with Crippen molar-refractivity contribution in [1.29, 1.82) is 0 Å². The minimum absolute atomic E-state index is 0. The standard InChI is InChI=1S/C4H9O4P.2H3N/c5-9(6,7)4-1-2-8-3-4;;/h4H,1-3H2,(H2,5,6,7);2*1H3. The van der Waals surface area contributed by atoms with Gasteiger partial charge in [-0.05, 0) is 6.42 Å². The fourth-order valence-electron chi connectivity index (χ4n) is 0.787. The normalized spacial score (nSPS) is 23.6. The largest absolute Gasteiger partial charge is 0.380 e. The average molecular weight is 186 g/mol. The molecule has 1 fully saturated rings. The first-order valence-electron chi connectivity index (χ1n) is 2.73. The van der Waals surface area contributed by atoms with E-state index in [0.717, 1.165) is 0 Å². The molecule has 1 aliphatic heterocycles. The highest BCUT2D eigenvalue weighted by Crippen LogP contribution is 2.44. The predicted octanol–water partition coefficient (Wildman–Crippen LogP) is 0.277. The number of hydrogen-bond acceptors (Lipinski definition) is 4. The van der Waals surface area contributed by atoms with Crippen LogP contribution in [-0.2, 0) is 9.30 Å². The van der Waals surface area contributed by atoms with Crippen molar-refractivity contribution in [3.8, 4) is 0 Å². The average Bonchev–Trinajstić information content (AvgIpc) is 2.08. The molecular formula is C4H15N2O4P. The van der Waals surface area contributed by atoms with Gasteiger partial charge in [-0.1, -0.05) is 0 Å². The van der Waals surface area contributed by atoms with Gasteiger partial charge in [-0.25, -0.2) is 0 Å². The van der Waals surface area contributed by atoms with Gasteiger partial charge in [0.05, 0.1) is 12.3 Å². The summed E-state index contributed by atoms with van der Waals surface area (Å²) in [5.41, 5.74) is -0.544. The Labute approximate surface area is 65.3 Å². The van der Waals surface area contributed by atoms with Crippen LogP contribution >= 0.6 is 7.60 Å². The first kappa shape index (κ1) is 13.6. The highest BCUT2D eigenvalue weighted by molar-refractivity contribution is 7.52. The molecule has 1 saturated heterocycles. The van der Waals surface area contributed by atoms with Crippen LogP contribution in [0, 0.1) is 0 Å². The molecule has 1 unspecified atom stereocenters. The third kappa shape index (κ3) is 3.81. The van der Waals surface area contributed by atoms with Gasteiger partial charge in [0, 0.05) is 6.61 Å². The maximum Gasteiger partial charge on any atom is 0.331 e. The Hall–Kier alpha value is 0.0300. The van der Waals surface area contributed by atoms with Gasteiger partial charge in [0.1, 0.15) is 0 Å². The van der Waals surface area contributed by atoms with Gasteiger partial charge in [0.25, 0.3) is 0 Å². The van der Waals surface area contributed by atoms with Gasteiger partial charge in [-0.3, -0.25) is 4.57 Å². The second-order valence-electron chi connectivity index (χ2n) is 2.11. The van der Waals surface area contributed by atoms with E-state index in [1.165, 1.54) is 0 Å². The van der Waals surface area contributed by atoms with E-state index in [1.807, 2.05) is 0 Å². The van der Waals surface area contributed by atoms with Crippen LogP contribution in [0.25, 0.3) is 0 Å². The SMILES string of the molecule is N.N.O=P(O)(O)C1CCOC1. The minimum atomic E-state index is -3.84. The summed E-state index contributed by atoms with van der Waals surface area (Å²) in [6, 6.07) is 0. The third-order valence-electron chi connectivity index (χ3n) is 1.38. The van der Waals surface area contributed by atoms with Crippen LogP contribution in [0.5, 0.6) is 0 Å². The molecule has 0 aromatic carbocycles. The molecule has 0 bridgehead atoms. The zero-order valence-electron chi connectivity index (χ0n) is 6.27. The second-order valence-corrected chi connectivity index (χ2v) is 4.01. The highest BCUT2D eigenvalue weighted by atomic mass is 31.2. The van der Waals surface area contributed by atoms with Gasteiger partial charge in [-0.15, -0.1) is 0 Å². The Balaban J connectivity index is 0. The van der Waals surface area contributed by atoms with Crippen molar-refractivity contribution in [2.45, 2.75) is 12.1 Å². The third-order valence-corrected chi connectivity index (χ3v) is 2.74. The van der Waals surface area contributed by atoms with Crippen LogP contribution in [-0.4, -0.2) is 28.7 Å². The maximum absolute atomic E-state index is 10.4. The van der Waals surface area contributed by atoms with E-state index in [4.69, 9.17) is 14.5 Å². The van der Waals surface area contributed by atoms with Crippen molar-refractivity contribution in [1.82, 2.24) is 12.3 Å². The molecule has 0 saturated carbocycles. The number of rotatable bonds is 1. The molecular weight excluding hydrogens is 171 g/mol. The van der Waals surface area contributed by atoms with Gasteiger partial charge in [-0.2, -0.15) is 0 Å². The number of ether oxygens (including phenoxy) is 1. The first-order valence-corrected chi connectivity index (χ1v) is 4.42. The molecule has 6 nitrogen and oxygen atoms in total. The Morgan fingerprint density at radius 2 is 1.91 bits per heavy atom. The molecule has 11 heavy (non-hydrogen) atoms. The lowest BCUT2D eigenvalue weighted by atomic mass is 10.4. The molecule has 0 aromatic rings. The van der Waals surface area contributed by atoms with Gasteiger partial charge < -0.3 is 26.8 Å². The first-order chi connectivity index (χ1) is 4.11. The molecule has 0 aliphatic carbocycles. The zero-order chi connectivity index (χ0) is 6.91. The van der Waals surface area contributed by atoms with E-state index in [0.29, 0.717) is 13.0 Å². The van der Waals surface area contributed by atoms with Crippen LogP contribution < -0.4 is 12.3 Å². The zero-order valence-corrected chi connectivity index (χ0v) is 7.17. The predicted molar refractivity (Wildman–Crippen MR) is 41.3 cm³/mol. The molecule has 1 atom stereocenters. The summed E-state index contributed by atoms with van der Waals surface area (Å²) < 4.78 is 15.2. The van der Waals surface area contributed by atoms with E-state index in [9.17, 15) is 4.57 Å². The Bertz CT molecular complexity index is 141. The Morgan fingerprint density at radius 1 is 1.36 bits per heavy atom. The molecule has 1 heterocycles. The molecule has 70 valence electrons. The topological polar surface area (TPSA) is 137 Å². The van der Waals surface area contributed by atoms with Crippen LogP contribution in [0.15, 0.2) is 0 Å². The smallest absolute Gasteiger partial charge is 0.331 e. The maximum atomic E-state index is 10.4. The summed E-state index contributed by atoms with van der Waals surface area (Å²) in [7, 11) is -3.84. The van der Waals surface area contributed by atoms with E-state index < -0.39 is 13.3 Å². The Morgan fingerprint density at radius 3 is 2.09 bits per heavy atom. The summed E-state index contributed by atoms with van der Waals surface area (Å²) in [5.74, 6) is 0. The van der Waals surface area contributed by atoms with Crippen molar-refractivity contribution in [3.63, 3.8) is 0 Å². The van der Waals surface area contributed by atoms with E-state index in [-0.39, 0.29) is 18.9 Å². The summed E-state index contributed by atoms with van der Waals surface area (Å²) in [6.45, 7) is 0.694. The van der Waals surface area contributed by atoms with Crippen molar-refractivity contribution >= 4 is 7.60 Å². The van der Waals surface area contributed by atoms with Crippen molar-refractivity contribution in [2.75, 3.05) is 13.2 Å². The molecule has 8 N–H and O–H groups in total. The minimum Gasteiger partial charge on any atom is -0.380 e. The van der Waals surface area contributed by atoms with Crippen LogP contribution in [0.2, 0.25) is 0 Å². The van der Waals surface area contributed by atoms with Crippen LogP contribution in [0.3, 0.4) is 0 Å². The second kappa shape index (κ2) is 4.82. The lowest BCUT2D eigenvalue weighted by Crippen LogP contribution is -2.06. The number of hydrogen-bond donors (Lipinski definition) is 4. The molecule has 0 spiro atoms. The summed E-state index contributed by atoms with van der Waals surface area (Å²) >= 11 is 0. The molecule has 1 aliphatic rings. The molecule has 0 amide bonds. The van der Waals surface area contributed by atoms with Gasteiger partial charge in [0.15, 0.2) is 0 Å². The molecule has 7 heteroatoms. The fraction of sp³-hybridized carbons (Fsp3) is 1.00. The van der Waals surface area contributed by atoms with Crippen molar-refractivity contribution in [2.24, 2.45) is 0 Å². The molecule has 1 rings (SSSR count). The lowest BCUT2D eigenvalue weighted by molar-refractivity contribution is 0.196. The lowest BCUT2D eigenvalue weighted by Gasteiger charge is -2.07. The van der Waals surface area contributed by atoms with Crippen LogP contribution in [0.4, 0.5) is 0 Å². The van der Waals surface area contributed by atoms with Crippen molar-refractivity contribution < 1.29 is 19.1 Å². The summed E-state index contributed by atoms with van der Waals surface area (Å²) in [6.07, 6.45) is 0.490. The fourth-order valence-corrected chi connectivity index (χ4v) is 1.53. The van der Waals surface area contributed by atoms with E-state index in [1.54, 1.807) is 0 Å². The van der Waals surface area contributed by atoms with Crippen molar-refractivity contribution in [3.05, 3.63) is 0 Å². The quantitative estimate of drug-likeness (QED) is 0.434. The highest BCUT2D eigenvalue weighted by Gasteiger charge is 2.31. The van der Waals surface area contributed by atoms with Crippen LogP contribution in [0.1, 0.15) is 6.42 Å². The molecule has 0 aromatic heterocycles. The molecule has 0 radical (unpaired) electrons. The van der Waals surface area contributed by atoms with Gasteiger partial charge in [0.2, 0.25) is 0 Å². The van der Waals surface area contributed by atoms with E-state index >= 15 is 0 Å². The summed E-state index contributed by atoms with van der Waals surface area (Å²) in [4.78, 5) is 17.1. The van der Waals surface area contributed by atoms with Gasteiger partial charge >= 0.3 is 7.60 Å². The Kier molecular flexibility index (Phi) is 5.96.